The summed E-state index contributed by atoms with van der Waals surface area (Å²) in [5.41, 5.74) is 1.63. The van der Waals surface area contributed by atoms with Gasteiger partial charge < -0.3 is 9.53 Å². The summed E-state index contributed by atoms with van der Waals surface area (Å²) in [7, 11) is -1.80. The summed E-state index contributed by atoms with van der Waals surface area (Å²) in [6, 6.07) is 3.95. The van der Waals surface area contributed by atoms with Crippen LogP contribution in [0.5, 0.6) is 0 Å². The zero-order chi connectivity index (χ0) is 25.1. The molecule has 0 heterocycles. The number of fused-ring (bicyclic) bond motifs is 5. The fourth-order valence-corrected chi connectivity index (χ4v) is 13.7. The summed E-state index contributed by atoms with van der Waals surface area (Å²) in [6.07, 6.45) is 18.1. The Morgan fingerprint density at radius 1 is 0.914 bits per heavy atom. The molecule has 35 heavy (non-hydrogen) atoms. The van der Waals surface area contributed by atoms with Crippen LogP contribution in [-0.4, -0.2) is 31.9 Å². The van der Waals surface area contributed by atoms with Crippen LogP contribution in [0.1, 0.15) is 118 Å². The lowest BCUT2D eigenvalue weighted by Crippen LogP contribution is -2.55. The smallest absolute Gasteiger partial charge is 0.192 e. The fourth-order valence-electron chi connectivity index (χ4n) is 8.97. The van der Waals surface area contributed by atoms with Gasteiger partial charge in [-0.3, -0.25) is 4.79 Å². The van der Waals surface area contributed by atoms with Crippen LogP contribution < -0.4 is 0 Å². The van der Waals surface area contributed by atoms with Gasteiger partial charge in [0.2, 0.25) is 0 Å². The van der Waals surface area contributed by atoms with Crippen LogP contribution in [0.3, 0.4) is 0 Å². The maximum atomic E-state index is 12.6. The van der Waals surface area contributed by atoms with Crippen molar-refractivity contribution in [3.63, 3.8) is 0 Å². The van der Waals surface area contributed by atoms with Gasteiger partial charge in [0.15, 0.2) is 14.1 Å². The first kappa shape index (κ1) is 27.6. The van der Waals surface area contributed by atoms with E-state index in [1.54, 1.807) is 0 Å². The second-order valence-corrected chi connectivity index (χ2v) is 17.3. The summed E-state index contributed by atoms with van der Waals surface area (Å²) in [5.74, 6) is 2.32. The van der Waals surface area contributed by atoms with Gasteiger partial charge in [0.1, 0.15) is 0 Å². The number of carbonyl (C=O) groups excluding carboxylic acids is 1. The number of carbonyl (C=O) groups is 1. The molecule has 3 saturated carbocycles. The minimum absolute atomic E-state index is 0.0780. The molecule has 0 spiro atoms. The van der Waals surface area contributed by atoms with Crippen molar-refractivity contribution in [2.24, 2.45) is 28.6 Å². The number of hydrogen-bond donors (Lipinski definition) is 1. The Labute approximate surface area is 217 Å². The summed E-state index contributed by atoms with van der Waals surface area (Å²) < 4.78 is 7.41. The molecule has 0 radical (unpaired) electrons. The normalized spacial score (nSPS) is 36.9. The summed E-state index contributed by atoms with van der Waals surface area (Å²) in [6.45, 7) is 10.2. The van der Waals surface area contributed by atoms with Crippen LogP contribution >= 0.6 is 0 Å². The van der Waals surface area contributed by atoms with Gasteiger partial charge in [0.05, 0.1) is 6.10 Å². The highest BCUT2D eigenvalue weighted by atomic mass is 28.4. The van der Waals surface area contributed by atoms with E-state index in [9.17, 15) is 9.90 Å². The highest BCUT2D eigenvalue weighted by Crippen LogP contribution is 2.65. The minimum Gasteiger partial charge on any atom is -0.416 e. The van der Waals surface area contributed by atoms with Crippen LogP contribution in [-0.2, 0) is 9.22 Å². The molecular formula is C31H54O3Si. The van der Waals surface area contributed by atoms with E-state index in [0.29, 0.717) is 30.0 Å². The van der Waals surface area contributed by atoms with Crippen molar-refractivity contribution in [1.82, 2.24) is 0 Å². The first-order chi connectivity index (χ1) is 16.8. The number of unbranched alkanes of at least 4 members (excludes halogenated alkanes) is 3. The first-order valence-corrected chi connectivity index (χ1v) is 17.9. The van der Waals surface area contributed by atoms with E-state index >= 15 is 0 Å². The third kappa shape index (κ3) is 5.28. The Bertz CT molecular complexity index is 741. The van der Waals surface area contributed by atoms with Crippen molar-refractivity contribution < 1.29 is 14.3 Å². The highest BCUT2D eigenvalue weighted by molar-refractivity contribution is 6.73. The zero-order valence-electron chi connectivity index (χ0n) is 23.4. The molecule has 0 unspecified atom stereocenters. The van der Waals surface area contributed by atoms with Crippen LogP contribution in [0.25, 0.3) is 0 Å². The largest absolute Gasteiger partial charge is 0.416 e. The number of hydrogen-bond acceptors (Lipinski definition) is 3. The summed E-state index contributed by atoms with van der Waals surface area (Å²) >= 11 is 0. The molecule has 0 bridgehead atoms. The molecule has 0 amide bonds. The number of ketones is 1. The predicted molar refractivity (Wildman–Crippen MR) is 148 cm³/mol. The molecule has 0 aromatic heterocycles. The van der Waals surface area contributed by atoms with E-state index < -0.39 is 8.32 Å². The molecule has 6 atom stereocenters. The maximum Gasteiger partial charge on any atom is 0.192 e. The van der Waals surface area contributed by atoms with Crippen molar-refractivity contribution in [3.05, 3.63) is 11.6 Å². The molecule has 4 aliphatic rings. The Kier molecular flexibility index (Phi) is 9.08. The molecule has 0 aromatic rings. The molecule has 4 rings (SSSR count). The second kappa shape index (κ2) is 11.5. The predicted octanol–water partition coefficient (Wildman–Crippen LogP) is 8.22. The monoisotopic (exact) mass is 502 g/mol. The molecule has 4 aliphatic carbocycles. The molecular weight excluding hydrogens is 448 g/mol. The Hall–Kier alpha value is -0.453. The van der Waals surface area contributed by atoms with E-state index in [0.717, 1.165) is 32.3 Å². The molecule has 3 fully saturated rings. The maximum absolute atomic E-state index is 12.6. The third-order valence-corrected chi connectivity index (χ3v) is 15.8. The standard InChI is InChI=1S/C31H54O3Si/c1-5-8-19-35(20-9-6-2,21-10-7-3)34-23-31-18-15-25(32)22-24(31)11-12-26-27-13-14-29(33)30(27,4)17-16-28(26)31/h22,26-29,33H,5-21,23H2,1-4H3/t26-,27-,28-,29-,30-,31+/m0/s1. The van der Waals surface area contributed by atoms with Gasteiger partial charge >= 0.3 is 0 Å². The van der Waals surface area contributed by atoms with Crippen LogP contribution in [0.4, 0.5) is 0 Å². The van der Waals surface area contributed by atoms with Gasteiger partial charge in [-0.05, 0) is 92.3 Å². The summed E-state index contributed by atoms with van der Waals surface area (Å²) in [4.78, 5) is 12.6. The Morgan fingerprint density at radius 3 is 2.20 bits per heavy atom. The molecule has 1 N–H and O–H groups in total. The second-order valence-electron chi connectivity index (χ2n) is 13.1. The topological polar surface area (TPSA) is 46.5 Å². The molecule has 0 aromatic carbocycles. The molecule has 4 heteroatoms. The molecule has 200 valence electrons. The van der Waals surface area contributed by atoms with Crippen molar-refractivity contribution in [2.45, 2.75) is 142 Å². The lowest BCUT2D eigenvalue weighted by Gasteiger charge is -2.59. The number of rotatable bonds is 12. The Morgan fingerprint density at radius 2 is 1.57 bits per heavy atom. The highest BCUT2D eigenvalue weighted by Gasteiger charge is 2.60. The van der Waals surface area contributed by atoms with E-state index in [1.807, 2.05) is 0 Å². The zero-order valence-corrected chi connectivity index (χ0v) is 24.4. The van der Waals surface area contributed by atoms with Gasteiger partial charge in [-0.1, -0.05) is 71.8 Å². The third-order valence-electron chi connectivity index (χ3n) is 11.2. The van der Waals surface area contributed by atoms with Gasteiger partial charge in [-0.15, -0.1) is 0 Å². The van der Waals surface area contributed by atoms with Crippen molar-refractivity contribution in [3.8, 4) is 0 Å². The van der Waals surface area contributed by atoms with Gasteiger partial charge in [0, 0.05) is 18.4 Å². The summed E-state index contributed by atoms with van der Waals surface area (Å²) in [5, 5.41) is 10.9. The molecule has 0 saturated heterocycles. The van der Waals surface area contributed by atoms with E-state index in [-0.39, 0.29) is 16.9 Å². The van der Waals surface area contributed by atoms with Crippen LogP contribution in [0.15, 0.2) is 11.6 Å². The lowest BCUT2D eigenvalue weighted by atomic mass is 9.47. The average Bonchev–Trinajstić information content (AvgIpc) is 3.17. The quantitative estimate of drug-likeness (QED) is 0.273. The van der Waals surface area contributed by atoms with Gasteiger partial charge in [0.25, 0.3) is 0 Å². The van der Waals surface area contributed by atoms with Crippen molar-refractivity contribution in [2.75, 3.05) is 6.61 Å². The minimum atomic E-state index is -1.80. The van der Waals surface area contributed by atoms with Crippen LogP contribution in [0.2, 0.25) is 18.1 Å². The lowest BCUT2D eigenvalue weighted by molar-refractivity contribution is -0.119. The van der Waals surface area contributed by atoms with E-state index in [2.05, 4.69) is 33.8 Å². The van der Waals surface area contributed by atoms with Gasteiger partial charge in [-0.25, -0.2) is 0 Å². The fraction of sp³-hybridized carbons (Fsp3) is 0.903. The van der Waals surface area contributed by atoms with Gasteiger partial charge in [-0.2, -0.15) is 0 Å². The van der Waals surface area contributed by atoms with Crippen molar-refractivity contribution >= 4 is 14.1 Å². The van der Waals surface area contributed by atoms with Crippen molar-refractivity contribution in [1.29, 1.82) is 0 Å². The number of aliphatic hydroxyl groups excluding tert-OH is 1. The van der Waals surface area contributed by atoms with E-state index in [1.165, 1.54) is 81.5 Å². The SMILES string of the molecule is CCCC[Si](CCCC)(CCCC)OC[C@]12CCC(=O)C=C1CC[C@@H]1[C@@H]2CC[C@]2(C)[C@@H](O)CC[C@@H]12. The van der Waals surface area contributed by atoms with Crippen LogP contribution in [0, 0.1) is 28.6 Å². The first-order valence-electron chi connectivity index (χ1n) is 15.4. The average molecular weight is 503 g/mol. The Balaban J connectivity index is 1.63. The number of aliphatic hydroxyl groups is 1. The van der Waals surface area contributed by atoms with E-state index in [4.69, 9.17) is 4.43 Å². The molecule has 3 nitrogen and oxygen atoms in total. The molecule has 0 aliphatic heterocycles.